The zero-order valence-corrected chi connectivity index (χ0v) is 20.8. The van der Waals surface area contributed by atoms with Crippen molar-refractivity contribution in [2.45, 2.75) is 39.3 Å². The van der Waals surface area contributed by atoms with Crippen LogP contribution < -0.4 is 4.90 Å². The average molecular weight is 479 g/mol. The van der Waals surface area contributed by atoms with Gasteiger partial charge in [0.05, 0.1) is 12.1 Å². The summed E-state index contributed by atoms with van der Waals surface area (Å²) < 4.78 is 2.25. The summed E-state index contributed by atoms with van der Waals surface area (Å²) in [5.41, 5.74) is 5.82. The smallest absolute Gasteiger partial charge is 0.241 e. The number of anilines is 1. The summed E-state index contributed by atoms with van der Waals surface area (Å²) >= 11 is 5.98. The van der Waals surface area contributed by atoms with E-state index in [2.05, 4.69) is 41.6 Å². The van der Waals surface area contributed by atoms with Gasteiger partial charge in [0, 0.05) is 80.0 Å². The van der Waals surface area contributed by atoms with Crippen molar-refractivity contribution in [3.63, 3.8) is 0 Å². The van der Waals surface area contributed by atoms with Crippen LogP contribution in [-0.4, -0.2) is 58.4 Å². The number of benzene rings is 2. The highest BCUT2D eigenvalue weighted by atomic mass is 35.5. The Balaban J connectivity index is 1.31. The lowest BCUT2D eigenvalue weighted by atomic mass is 9.99. The van der Waals surface area contributed by atoms with Crippen molar-refractivity contribution in [2.75, 3.05) is 31.1 Å². The first-order chi connectivity index (χ1) is 16.3. The monoisotopic (exact) mass is 478 g/mol. The summed E-state index contributed by atoms with van der Waals surface area (Å²) in [6.45, 7) is 7.23. The number of fused-ring (bicyclic) bond motifs is 3. The second kappa shape index (κ2) is 9.08. The number of carbonyl (C=O) groups is 2. The SMILES string of the molecule is CC(=O)N1Cc2c(n(C)c3cc(N4CCN(CCc5ccc(Cl)cc5)CC4=O)ccc23)CC1C. The largest absolute Gasteiger partial charge is 0.347 e. The van der Waals surface area contributed by atoms with E-state index >= 15 is 0 Å². The van der Waals surface area contributed by atoms with Crippen LogP contribution in [0.4, 0.5) is 5.69 Å². The Kier molecular flexibility index (Phi) is 6.13. The Morgan fingerprint density at radius 2 is 1.85 bits per heavy atom. The number of hydrogen-bond acceptors (Lipinski definition) is 3. The molecule has 0 saturated carbocycles. The quantitative estimate of drug-likeness (QED) is 0.569. The maximum absolute atomic E-state index is 13.1. The van der Waals surface area contributed by atoms with Gasteiger partial charge in [0.15, 0.2) is 0 Å². The third kappa shape index (κ3) is 4.21. The third-order valence-electron chi connectivity index (χ3n) is 7.42. The van der Waals surface area contributed by atoms with Gasteiger partial charge in [-0.05, 0) is 43.2 Å². The van der Waals surface area contributed by atoms with Gasteiger partial charge < -0.3 is 14.4 Å². The van der Waals surface area contributed by atoms with Gasteiger partial charge in [0.1, 0.15) is 0 Å². The number of hydrogen-bond donors (Lipinski definition) is 0. The topological polar surface area (TPSA) is 48.8 Å². The van der Waals surface area contributed by atoms with Crippen molar-refractivity contribution in [1.82, 2.24) is 14.4 Å². The molecule has 0 N–H and O–H groups in total. The van der Waals surface area contributed by atoms with Gasteiger partial charge in [-0.3, -0.25) is 14.5 Å². The predicted octanol–water partition coefficient (Wildman–Crippen LogP) is 4.02. The van der Waals surface area contributed by atoms with E-state index in [0.29, 0.717) is 19.6 Å². The molecule has 2 amide bonds. The number of halogens is 1. The van der Waals surface area contributed by atoms with Crippen molar-refractivity contribution in [3.8, 4) is 0 Å². The molecule has 1 saturated heterocycles. The second-order valence-corrected chi connectivity index (χ2v) is 10.0. The Bertz CT molecular complexity index is 1250. The normalized spacial score (nSPS) is 19.1. The van der Waals surface area contributed by atoms with Crippen LogP contribution >= 0.6 is 11.6 Å². The van der Waals surface area contributed by atoms with Crippen LogP contribution in [0.15, 0.2) is 42.5 Å². The number of piperazine rings is 1. The van der Waals surface area contributed by atoms with Crippen LogP contribution in [-0.2, 0) is 36.0 Å². The van der Waals surface area contributed by atoms with E-state index in [4.69, 9.17) is 11.6 Å². The molecule has 0 bridgehead atoms. The highest BCUT2D eigenvalue weighted by Crippen LogP contribution is 2.34. The van der Waals surface area contributed by atoms with Crippen LogP contribution in [0.3, 0.4) is 0 Å². The molecule has 1 aromatic heterocycles. The molecular weight excluding hydrogens is 448 g/mol. The molecule has 178 valence electrons. The highest BCUT2D eigenvalue weighted by molar-refractivity contribution is 6.30. The third-order valence-corrected chi connectivity index (χ3v) is 7.67. The molecule has 6 nitrogen and oxygen atoms in total. The number of nitrogens with zero attached hydrogens (tertiary/aromatic N) is 4. The van der Waals surface area contributed by atoms with Gasteiger partial charge in [0.2, 0.25) is 11.8 Å². The molecule has 3 aromatic rings. The van der Waals surface area contributed by atoms with Crippen molar-refractivity contribution in [2.24, 2.45) is 7.05 Å². The highest BCUT2D eigenvalue weighted by Gasteiger charge is 2.30. The fraction of sp³-hybridized carbons (Fsp3) is 0.407. The first-order valence-corrected chi connectivity index (χ1v) is 12.3. The molecule has 2 aliphatic rings. The molecule has 7 heteroatoms. The first kappa shape index (κ1) is 22.9. The summed E-state index contributed by atoms with van der Waals surface area (Å²) in [6, 6.07) is 14.4. The van der Waals surface area contributed by atoms with Crippen LogP contribution in [0.2, 0.25) is 5.02 Å². The number of carbonyl (C=O) groups excluding carboxylic acids is 2. The Labute approximate surface area is 205 Å². The minimum absolute atomic E-state index is 0.117. The Morgan fingerprint density at radius 1 is 1.09 bits per heavy atom. The molecule has 5 rings (SSSR count). The number of amides is 2. The van der Waals surface area contributed by atoms with Crippen LogP contribution in [0.5, 0.6) is 0 Å². The van der Waals surface area contributed by atoms with E-state index in [-0.39, 0.29) is 17.9 Å². The predicted molar refractivity (Wildman–Crippen MR) is 136 cm³/mol. The fourth-order valence-electron chi connectivity index (χ4n) is 5.42. The molecule has 0 radical (unpaired) electrons. The first-order valence-electron chi connectivity index (χ1n) is 12.0. The van der Waals surface area contributed by atoms with E-state index in [1.54, 1.807) is 6.92 Å². The number of aryl methyl sites for hydroxylation is 1. The second-order valence-electron chi connectivity index (χ2n) is 9.58. The zero-order chi connectivity index (χ0) is 24.0. The van der Waals surface area contributed by atoms with Crippen molar-refractivity contribution < 1.29 is 9.59 Å². The van der Waals surface area contributed by atoms with E-state index in [9.17, 15) is 9.59 Å². The number of aromatic nitrogens is 1. The fourth-order valence-corrected chi connectivity index (χ4v) is 5.55. The Hall–Kier alpha value is -2.83. The van der Waals surface area contributed by atoms with E-state index in [0.717, 1.165) is 42.2 Å². The lowest BCUT2D eigenvalue weighted by molar-refractivity contribution is -0.131. The summed E-state index contributed by atoms with van der Waals surface area (Å²) in [6.07, 6.45) is 1.75. The van der Waals surface area contributed by atoms with Crippen molar-refractivity contribution in [1.29, 1.82) is 0 Å². The average Bonchev–Trinajstić information content (AvgIpc) is 3.08. The van der Waals surface area contributed by atoms with E-state index in [1.807, 2.05) is 34.1 Å². The molecular formula is C27H31ClN4O2. The van der Waals surface area contributed by atoms with Gasteiger partial charge >= 0.3 is 0 Å². The maximum Gasteiger partial charge on any atom is 0.241 e. The maximum atomic E-state index is 13.1. The molecule has 34 heavy (non-hydrogen) atoms. The molecule has 1 unspecified atom stereocenters. The standard InChI is InChI=1S/C27H31ClN4O2/c1-18-14-25-24(16-32(18)19(2)33)23-9-8-22(15-26(23)29(25)3)31-13-12-30(17-27(31)34)11-10-20-4-6-21(28)7-5-20/h4-9,15,18H,10-14,16-17H2,1-3H3. The molecule has 0 spiro atoms. The summed E-state index contributed by atoms with van der Waals surface area (Å²) in [5, 5.41) is 1.92. The summed E-state index contributed by atoms with van der Waals surface area (Å²) in [7, 11) is 2.09. The van der Waals surface area contributed by atoms with Crippen LogP contribution in [0.25, 0.3) is 10.9 Å². The lowest BCUT2D eigenvalue weighted by Crippen LogP contribution is -2.50. The summed E-state index contributed by atoms with van der Waals surface area (Å²) in [4.78, 5) is 31.2. The lowest BCUT2D eigenvalue weighted by Gasteiger charge is -2.34. The molecule has 1 atom stereocenters. The molecule has 2 aliphatic heterocycles. The minimum Gasteiger partial charge on any atom is -0.347 e. The molecule has 2 aromatic carbocycles. The van der Waals surface area contributed by atoms with Gasteiger partial charge in [-0.25, -0.2) is 0 Å². The van der Waals surface area contributed by atoms with Crippen molar-refractivity contribution in [3.05, 3.63) is 64.3 Å². The molecule has 1 fully saturated rings. The zero-order valence-electron chi connectivity index (χ0n) is 20.1. The van der Waals surface area contributed by atoms with E-state index < -0.39 is 0 Å². The van der Waals surface area contributed by atoms with Crippen LogP contribution in [0, 0.1) is 0 Å². The van der Waals surface area contributed by atoms with Crippen molar-refractivity contribution >= 4 is 40.0 Å². The van der Waals surface area contributed by atoms with Gasteiger partial charge in [-0.15, -0.1) is 0 Å². The van der Waals surface area contributed by atoms with Gasteiger partial charge in [-0.2, -0.15) is 0 Å². The molecule has 3 heterocycles. The molecule has 0 aliphatic carbocycles. The summed E-state index contributed by atoms with van der Waals surface area (Å²) in [5.74, 6) is 0.253. The van der Waals surface area contributed by atoms with Gasteiger partial charge in [0.25, 0.3) is 0 Å². The Morgan fingerprint density at radius 3 is 2.56 bits per heavy atom. The van der Waals surface area contributed by atoms with E-state index in [1.165, 1.54) is 22.2 Å². The van der Waals surface area contributed by atoms with Crippen LogP contribution in [0.1, 0.15) is 30.7 Å². The minimum atomic E-state index is 0.117. The van der Waals surface area contributed by atoms with Gasteiger partial charge in [-0.1, -0.05) is 29.8 Å². The number of rotatable bonds is 4.